The molecule has 2 aromatic carbocycles. The molecule has 122 valence electrons. The quantitative estimate of drug-likeness (QED) is 0.742. The van der Waals surface area contributed by atoms with Gasteiger partial charge in [0.2, 0.25) is 0 Å². The van der Waals surface area contributed by atoms with Gasteiger partial charge in [0.15, 0.2) is 0 Å². The zero-order valence-corrected chi connectivity index (χ0v) is 14.4. The van der Waals surface area contributed by atoms with Crippen LogP contribution < -0.4 is 5.32 Å². The minimum Gasteiger partial charge on any atom is -0.321 e. The van der Waals surface area contributed by atoms with Crippen molar-refractivity contribution in [2.24, 2.45) is 0 Å². The number of aryl methyl sites for hydroxylation is 3. The number of anilines is 1. The molecule has 3 aromatic rings. The number of rotatable bonds is 4. The summed E-state index contributed by atoms with van der Waals surface area (Å²) in [6.45, 7) is 6.15. The van der Waals surface area contributed by atoms with Crippen molar-refractivity contribution in [2.75, 3.05) is 5.32 Å². The van der Waals surface area contributed by atoms with Crippen LogP contribution in [0, 0.1) is 6.92 Å². The predicted molar refractivity (Wildman–Crippen MR) is 99.6 cm³/mol. The van der Waals surface area contributed by atoms with Crippen LogP contribution in [0.15, 0.2) is 48.5 Å². The molecule has 0 radical (unpaired) electrons. The van der Waals surface area contributed by atoms with E-state index in [2.05, 4.69) is 42.3 Å². The fourth-order valence-corrected chi connectivity index (χ4v) is 3.01. The molecule has 0 saturated carbocycles. The molecule has 24 heavy (non-hydrogen) atoms. The van der Waals surface area contributed by atoms with E-state index in [1.165, 1.54) is 0 Å². The van der Waals surface area contributed by atoms with Crippen LogP contribution >= 0.6 is 0 Å². The van der Waals surface area contributed by atoms with E-state index in [1.54, 1.807) is 0 Å². The summed E-state index contributed by atoms with van der Waals surface area (Å²) in [5, 5.41) is 4.11. The van der Waals surface area contributed by atoms with Crippen LogP contribution in [-0.2, 0) is 12.8 Å². The first-order valence-electron chi connectivity index (χ1n) is 8.42. The summed E-state index contributed by atoms with van der Waals surface area (Å²) in [6, 6.07) is 15.9. The highest BCUT2D eigenvalue weighted by Gasteiger charge is 2.15. The number of hydrogen-bond acceptors (Lipinski definition) is 2. The number of nitrogens with zero attached hydrogens (tertiary/aromatic N) is 1. The lowest BCUT2D eigenvalue weighted by atomic mass is 10.0. The summed E-state index contributed by atoms with van der Waals surface area (Å²) < 4.78 is 0. The Morgan fingerprint density at radius 2 is 1.62 bits per heavy atom. The number of pyridine rings is 1. The Balaban J connectivity index is 2.04. The van der Waals surface area contributed by atoms with E-state index in [9.17, 15) is 4.79 Å². The minimum absolute atomic E-state index is 0.102. The van der Waals surface area contributed by atoms with Gasteiger partial charge in [-0.15, -0.1) is 0 Å². The third kappa shape index (κ3) is 3.02. The first-order chi connectivity index (χ1) is 11.6. The first kappa shape index (κ1) is 16.2. The number of carbonyl (C=O) groups excluding carboxylic acids is 1. The van der Waals surface area contributed by atoms with E-state index in [0.717, 1.165) is 46.3 Å². The molecule has 0 aliphatic rings. The van der Waals surface area contributed by atoms with Gasteiger partial charge in [-0.1, -0.05) is 50.2 Å². The normalized spacial score (nSPS) is 10.8. The maximum Gasteiger partial charge on any atom is 0.257 e. The maximum absolute atomic E-state index is 12.9. The fraction of sp³-hybridized carbons (Fsp3) is 0.238. The van der Waals surface area contributed by atoms with E-state index >= 15 is 0 Å². The third-order valence-corrected chi connectivity index (χ3v) is 4.34. The molecule has 0 bridgehead atoms. The zero-order valence-electron chi connectivity index (χ0n) is 14.4. The molecular weight excluding hydrogens is 296 g/mol. The van der Waals surface area contributed by atoms with Crippen LogP contribution in [-0.4, -0.2) is 10.9 Å². The van der Waals surface area contributed by atoms with Crippen LogP contribution in [0.4, 0.5) is 5.69 Å². The Labute approximate surface area is 142 Å². The standard InChI is InChI=1S/C21H22N2O/c1-4-15-8-6-9-16(5-2)19(15)23-21(24)18-11-7-10-17-13-12-14(3)22-20(17)18/h6-13H,4-5H2,1-3H3,(H,23,24). The highest BCUT2D eigenvalue weighted by molar-refractivity contribution is 6.12. The van der Waals surface area contributed by atoms with Gasteiger partial charge in [0, 0.05) is 16.8 Å². The highest BCUT2D eigenvalue weighted by Crippen LogP contribution is 2.25. The number of carbonyl (C=O) groups is 1. The molecule has 0 spiro atoms. The van der Waals surface area contributed by atoms with Gasteiger partial charge >= 0.3 is 0 Å². The van der Waals surface area contributed by atoms with Gasteiger partial charge in [0.25, 0.3) is 5.91 Å². The summed E-state index contributed by atoms with van der Waals surface area (Å²) in [4.78, 5) is 17.5. The van der Waals surface area contributed by atoms with E-state index in [0.29, 0.717) is 5.56 Å². The van der Waals surface area contributed by atoms with Crippen molar-refractivity contribution in [1.29, 1.82) is 0 Å². The number of nitrogens with one attached hydrogen (secondary N) is 1. The lowest BCUT2D eigenvalue weighted by Gasteiger charge is -2.15. The average molecular weight is 318 g/mol. The SMILES string of the molecule is CCc1cccc(CC)c1NC(=O)c1cccc2ccc(C)nc12. The number of hydrogen-bond donors (Lipinski definition) is 1. The van der Waals surface area contributed by atoms with Crippen molar-refractivity contribution in [3.8, 4) is 0 Å². The van der Waals surface area contributed by atoms with E-state index in [4.69, 9.17) is 0 Å². The molecular formula is C21H22N2O. The second-order valence-electron chi connectivity index (χ2n) is 5.94. The van der Waals surface area contributed by atoms with Crippen LogP contribution in [0.5, 0.6) is 0 Å². The third-order valence-electron chi connectivity index (χ3n) is 4.34. The molecule has 0 unspecified atom stereocenters. The molecule has 0 atom stereocenters. The van der Waals surface area contributed by atoms with E-state index < -0.39 is 0 Å². The summed E-state index contributed by atoms with van der Waals surface area (Å²) in [6.07, 6.45) is 1.77. The summed E-state index contributed by atoms with van der Waals surface area (Å²) >= 11 is 0. The molecule has 3 heteroatoms. The van der Waals surface area contributed by atoms with Crippen LogP contribution in [0.3, 0.4) is 0 Å². The second-order valence-corrected chi connectivity index (χ2v) is 5.94. The molecule has 0 aliphatic carbocycles. The Morgan fingerprint density at radius 1 is 0.958 bits per heavy atom. The molecule has 0 fully saturated rings. The van der Waals surface area contributed by atoms with Crippen LogP contribution in [0.2, 0.25) is 0 Å². The summed E-state index contributed by atoms with van der Waals surface area (Å²) in [5.74, 6) is -0.102. The number of fused-ring (bicyclic) bond motifs is 1. The number of aromatic nitrogens is 1. The first-order valence-corrected chi connectivity index (χ1v) is 8.42. The van der Waals surface area contributed by atoms with Gasteiger partial charge in [0.1, 0.15) is 0 Å². The molecule has 1 amide bonds. The van der Waals surface area contributed by atoms with Gasteiger partial charge in [-0.3, -0.25) is 9.78 Å². The van der Waals surface area contributed by atoms with Crippen molar-refractivity contribution < 1.29 is 4.79 Å². The Bertz CT molecular complexity index is 877. The van der Waals surface area contributed by atoms with Crippen LogP contribution in [0.25, 0.3) is 10.9 Å². The molecule has 0 aliphatic heterocycles. The summed E-state index contributed by atoms with van der Waals surface area (Å²) in [7, 11) is 0. The molecule has 3 rings (SSSR count). The second kappa shape index (κ2) is 6.83. The van der Waals surface area contributed by atoms with Gasteiger partial charge in [-0.05, 0) is 43.0 Å². The van der Waals surface area contributed by atoms with Crippen molar-refractivity contribution in [3.05, 3.63) is 70.9 Å². The van der Waals surface area contributed by atoms with E-state index in [1.807, 2.05) is 37.3 Å². The molecule has 1 heterocycles. The molecule has 1 aromatic heterocycles. The topological polar surface area (TPSA) is 42.0 Å². The molecule has 3 nitrogen and oxygen atoms in total. The fourth-order valence-electron chi connectivity index (χ4n) is 3.01. The Morgan fingerprint density at radius 3 is 2.29 bits per heavy atom. The number of para-hydroxylation sites is 2. The lowest BCUT2D eigenvalue weighted by molar-refractivity contribution is 0.102. The largest absolute Gasteiger partial charge is 0.321 e. The van der Waals surface area contributed by atoms with Crippen molar-refractivity contribution in [2.45, 2.75) is 33.6 Å². The maximum atomic E-state index is 12.9. The lowest BCUT2D eigenvalue weighted by Crippen LogP contribution is -2.15. The Hall–Kier alpha value is -2.68. The molecule has 1 N–H and O–H groups in total. The Kier molecular flexibility index (Phi) is 4.61. The average Bonchev–Trinajstić information content (AvgIpc) is 2.61. The zero-order chi connectivity index (χ0) is 17.1. The van der Waals surface area contributed by atoms with Gasteiger partial charge < -0.3 is 5.32 Å². The smallest absolute Gasteiger partial charge is 0.257 e. The predicted octanol–water partition coefficient (Wildman–Crippen LogP) is 4.92. The minimum atomic E-state index is -0.102. The van der Waals surface area contributed by atoms with Gasteiger partial charge in [-0.2, -0.15) is 0 Å². The molecule has 0 saturated heterocycles. The van der Waals surface area contributed by atoms with Crippen LogP contribution in [0.1, 0.15) is 41.0 Å². The van der Waals surface area contributed by atoms with Crippen molar-refractivity contribution in [1.82, 2.24) is 4.98 Å². The summed E-state index contributed by atoms with van der Waals surface area (Å²) in [5.41, 5.74) is 5.54. The van der Waals surface area contributed by atoms with Gasteiger partial charge in [0.05, 0.1) is 11.1 Å². The monoisotopic (exact) mass is 318 g/mol. The highest BCUT2D eigenvalue weighted by atomic mass is 16.1. The number of benzene rings is 2. The van der Waals surface area contributed by atoms with Gasteiger partial charge in [-0.25, -0.2) is 0 Å². The van der Waals surface area contributed by atoms with E-state index in [-0.39, 0.29) is 5.91 Å². The van der Waals surface area contributed by atoms with Crippen molar-refractivity contribution in [3.63, 3.8) is 0 Å². The number of amides is 1. The van der Waals surface area contributed by atoms with Crippen molar-refractivity contribution >= 4 is 22.5 Å².